The molecule has 1 aliphatic rings. The van der Waals surface area contributed by atoms with Gasteiger partial charge in [-0.3, -0.25) is 0 Å². The molecule has 3 N–H and O–H groups in total. The lowest BCUT2D eigenvalue weighted by Crippen LogP contribution is -2.21. The highest BCUT2D eigenvalue weighted by Crippen LogP contribution is 2.19. The van der Waals surface area contributed by atoms with E-state index in [9.17, 15) is 0 Å². The van der Waals surface area contributed by atoms with Crippen molar-refractivity contribution in [1.82, 2.24) is 9.97 Å². The third-order valence-electron chi connectivity index (χ3n) is 3.13. The smallest absolute Gasteiger partial charge is 0.221 e. The van der Waals surface area contributed by atoms with E-state index in [1.807, 2.05) is 6.07 Å². The maximum absolute atomic E-state index is 5.56. The van der Waals surface area contributed by atoms with Crippen molar-refractivity contribution in [2.45, 2.75) is 51.0 Å². The Bertz CT molecular complexity index is 319. The number of anilines is 2. The van der Waals surface area contributed by atoms with Crippen LogP contribution in [0.25, 0.3) is 0 Å². The third kappa shape index (κ3) is 3.36. The predicted molar refractivity (Wildman–Crippen MR) is 66.2 cm³/mol. The zero-order valence-electron chi connectivity index (χ0n) is 9.65. The van der Waals surface area contributed by atoms with Gasteiger partial charge in [0.15, 0.2) is 0 Å². The van der Waals surface area contributed by atoms with Crippen molar-refractivity contribution >= 4 is 11.8 Å². The van der Waals surface area contributed by atoms with Crippen molar-refractivity contribution in [3.63, 3.8) is 0 Å². The minimum atomic E-state index is 0.343. The van der Waals surface area contributed by atoms with Crippen LogP contribution < -0.4 is 11.1 Å². The molecule has 1 saturated carbocycles. The Morgan fingerprint density at radius 3 is 2.50 bits per heavy atom. The molecule has 0 unspecified atom stereocenters. The van der Waals surface area contributed by atoms with Gasteiger partial charge < -0.3 is 11.1 Å². The lowest BCUT2D eigenvalue weighted by molar-refractivity contribution is 0.470. The summed E-state index contributed by atoms with van der Waals surface area (Å²) in [5.74, 6) is 1.20. The number of nitrogens with one attached hydrogen (secondary N) is 1. The van der Waals surface area contributed by atoms with E-state index in [0.29, 0.717) is 12.0 Å². The molecule has 0 atom stereocenters. The normalized spacial score (nSPS) is 18.8. The van der Waals surface area contributed by atoms with Crippen molar-refractivity contribution in [1.29, 1.82) is 0 Å². The Kier molecular flexibility index (Phi) is 3.97. The van der Waals surface area contributed by atoms with Crippen LogP contribution >= 0.6 is 0 Å². The van der Waals surface area contributed by atoms with E-state index >= 15 is 0 Å². The second kappa shape index (κ2) is 5.68. The highest BCUT2D eigenvalue weighted by atomic mass is 15.1. The zero-order chi connectivity index (χ0) is 11.2. The number of nitrogen functional groups attached to an aromatic ring is 1. The second-order valence-corrected chi connectivity index (χ2v) is 4.49. The van der Waals surface area contributed by atoms with E-state index < -0.39 is 0 Å². The molecule has 0 saturated heterocycles. The molecular weight excluding hydrogens is 200 g/mol. The van der Waals surface area contributed by atoms with E-state index in [-0.39, 0.29) is 0 Å². The topological polar surface area (TPSA) is 63.8 Å². The minimum absolute atomic E-state index is 0.343. The van der Waals surface area contributed by atoms with Crippen molar-refractivity contribution in [2.24, 2.45) is 0 Å². The van der Waals surface area contributed by atoms with Gasteiger partial charge in [-0.05, 0) is 18.9 Å². The van der Waals surface area contributed by atoms with Gasteiger partial charge in [0.2, 0.25) is 5.95 Å². The van der Waals surface area contributed by atoms with Crippen molar-refractivity contribution in [3.05, 3.63) is 12.3 Å². The summed E-state index contributed by atoms with van der Waals surface area (Å²) in [4.78, 5) is 8.07. The Morgan fingerprint density at radius 2 is 1.81 bits per heavy atom. The summed E-state index contributed by atoms with van der Waals surface area (Å²) < 4.78 is 0. The number of rotatable bonds is 2. The molecule has 1 aliphatic carbocycles. The van der Waals surface area contributed by atoms with E-state index in [4.69, 9.17) is 5.73 Å². The van der Waals surface area contributed by atoms with E-state index in [1.54, 1.807) is 6.20 Å². The molecule has 0 bridgehead atoms. The molecule has 2 rings (SSSR count). The van der Waals surface area contributed by atoms with Crippen LogP contribution in [-0.2, 0) is 0 Å². The maximum atomic E-state index is 5.56. The zero-order valence-corrected chi connectivity index (χ0v) is 9.65. The fourth-order valence-corrected chi connectivity index (χ4v) is 2.26. The van der Waals surface area contributed by atoms with Gasteiger partial charge in [0.25, 0.3) is 0 Å². The largest absolute Gasteiger partial charge is 0.368 e. The molecule has 1 fully saturated rings. The highest BCUT2D eigenvalue weighted by Gasteiger charge is 2.11. The SMILES string of the molecule is Nc1nccc(NC2CCCCCCC2)n1. The van der Waals surface area contributed by atoms with Gasteiger partial charge in [-0.15, -0.1) is 0 Å². The van der Waals surface area contributed by atoms with E-state index in [2.05, 4.69) is 15.3 Å². The first-order chi connectivity index (χ1) is 7.84. The standard InChI is InChI=1S/C12H20N4/c13-12-14-9-8-11(16-12)15-10-6-4-2-1-3-5-7-10/h8-10H,1-7H2,(H3,13,14,15,16). The number of aromatic nitrogens is 2. The molecule has 0 aliphatic heterocycles. The molecule has 4 heteroatoms. The van der Waals surface area contributed by atoms with Gasteiger partial charge in [-0.2, -0.15) is 4.98 Å². The maximum Gasteiger partial charge on any atom is 0.221 e. The molecule has 1 aromatic rings. The summed E-state index contributed by atoms with van der Waals surface area (Å²) in [5.41, 5.74) is 5.56. The Morgan fingerprint density at radius 1 is 1.12 bits per heavy atom. The fraction of sp³-hybridized carbons (Fsp3) is 0.667. The molecule has 1 aromatic heterocycles. The molecule has 16 heavy (non-hydrogen) atoms. The average molecular weight is 220 g/mol. The quantitative estimate of drug-likeness (QED) is 0.804. The van der Waals surface area contributed by atoms with E-state index in [0.717, 1.165) is 5.82 Å². The van der Waals surface area contributed by atoms with Crippen LogP contribution in [0.3, 0.4) is 0 Å². The molecule has 4 nitrogen and oxygen atoms in total. The van der Waals surface area contributed by atoms with Crippen LogP contribution in [0.1, 0.15) is 44.9 Å². The van der Waals surface area contributed by atoms with Crippen molar-refractivity contribution < 1.29 is 0 Å². The average Bonchev–Trinajstić information content (AvgIpc) is 2.22. The molecule has 0 aromatic carbocycles. The van der Waals surface area contributed by atoms with E-state index in [1.165, 1.54) is 44.9 Å². The monoisotopic (exact) mass is 220 g/mol. The molecule has 0 amide bonds. The van der Waals surface area contributed by atoms with Crippen LogP contribution in [-0.4, -0.2) is 16.0 Å². The summed E-state index contributed by atoms with van der Waals surface area (Å²) in [6.07, 6.45) is 10.9. The van der Waals surface area contributed by atoms with Gasteiger partial charge >= 0.3 is 0 Å². The van der Waals surface area contributed by atoms with Gasteiger partial charge in [0, 0.05) is 12.2 Å². The van der Waals surface area contributed by atoms with Gasteiger partial charge in [0.05, 0.1) is 0 Å². The molecule has 88 valence electrons. The van der Waals surface area contributed by atoms with Crippen molar-refractivity contribution in [3.8, 4) is 0 Å². The number of nitrogens with zero attached hydrogens (tertiary/aromatic N) is 2. The first kappa shape index (κ1) is 11.2. The summed E-state index contributed by atoms with van der Waals surface area (Å²) in [6, 6.07) is 2.43. The highest BCUT2D eigenvalue weighted by molar-refractivity contribution is 5.38. The van der Waals surface area contributed by atoms with Crippen LogP contribution in [0.2, 0.25) is 0 Å². The third-order valence-corrected chi connectivity index (χ3v) is 3.13. The molecule has 0 spiro atoms. The van der Waals surface area contributed by atoms with Crippen LogP contribution in [0.4, 0.5) is 11.8 Å². The number of hydrogen-bond acceptors (Lipinski definition) is 4. The summed E-state index contributed by atoms with van der Waals surface area (Å²) in [7, 11) is 0. The molecular formula is C12H20N4. The molecule has 0 radical (unpaired) electrons. The Labute approximate surface area is 96.7 Å². The van der Waals surface area contributed by atoms with Crippen LogP contribution in [0, 0.1) is 0 Å². The first-order valence-corrected chi connectivity index (χ1v) is 6.19. The summed E-state index contributed by atoms with van der Waals surface area (Å²) in [6.45, 7) is 0. The Hall–Kier alpha value is -1.32. The van der Waals surface area contributed by atoms with Crippen LogP contribution in [0.15, 0.2) is 12.3 Å². The lowest BCUT2D eigenvalue weighted by Gasteiger charge is -2.21. The lowest BCUT2D eigenvalue weighted by atomic mass is 9.97. The number of nitrogens with two attached hydrogens (primary N) is 1. The minimum Gasteiger partial charge on any atom is -0.368 e. The Balaban J connectivity index is 1.91. The second-order valence-electron chi connectivity index (χ2n) is 4.49. The van der Waals surface area contributed by atoms with Gasteiger partial charge in [-0.25, -0.2) is 4.98 Å². The molecule has 1 heterocycles. The number of hydrogen-bond donors (Lipinski definition) is 2. The van der Waals surface area contributed by atoms with Crippen LogP contribution in [0.5, 0.6) is 0 Å². The predicted octanol–water partition coefficient (Wildman–Crippen LogP) is 2.58. The first-order valence-electron chi connectivity index (χ1n) is 6.19. The van der Waals surface area contributed by atoms with Crippen molar-refractivity contribution in [2.75, 3.05) is 11.1 Å². The fourth-order valence-electron chi connectivity index (χ4n) is 2.26. The van der Waals surface area contributed by atoms with Gasteiger partial charge in [0.1, 0.15) is 5.82 Å². The van der Waals surface area contributed by atoms with Gasteiger partial charge in [-0.1, -0.05) is 32.1 Å². The summed E-state index contributed by atoms with van der Waals surface area (Å²) >= 11 is 0. The summed E-state index contributed by atoms with van der Waals surface area (Å²) in [5, 5.41) is 3.46.